The lowest BCUT2D eigenvalue weighted by Gasteiger charge is -2.27. The van der Waals surface area contributed by atoms with E-state index in [2.05, 4.69) is 21.2 Å². The SMILES string of the molecule is O=C1CCC[C@H]([C@H](NC(=O)c2cccc(Br)c2)C(=O)O)C1. The van der Waals surface area contributed by atoms with E-state index >= 15 is 0 Å². The van der Waals surface area contributed by atoms with Crippen molar-refractivity contribution in [3.8, 4) is 0 Å². The number of hydrogen-bond donors (Lipinski definition) is 2. The lowest BCUT2D eigenvalue weighted by molar-refractivity contribution is -0.141. The third-order valence-electron chi connectivity index (χ3n) is 3.63. The average Bonchev–Trinajstić information content (AvgIpc) is 2.44. The van der Waals surface area contributed by atoms with Crippen LogP contribution in [-0.2, 0) is 9.59 Å². The topological polar surface area (TPSA) is 83.5 Å². The van der Waals surface area contributed by atoms with Gasteiger partial charge in [0.05, 0.1) is 0 Å². The zero-order chi connectivity index (χ0) is 15.4. The van der Waals surface area contributed by atoms with E-state index in [0.29, 0.717) is 24.8 Å². The highest BCUT2D eigenvalue weighted by molar-refractivity contribution is 9.10. The van der Waals surface area contributed by atoms with Gasteiger partial charge in [-0.3, -0.25) is 9.59 Å². The second kappa shape index (κ2) is 6.85. The fourth-order valence-corrected chi connectivity index (χ4v) is 2.98. The van der Waals surface area contributed by atoms with Crippen molar-refractivity contribution >= 4 is 33.6 Å². The molecule has 0 aromatic heterocycles. The van der Waals surface area contributed by atoms with E-state index in [9.17, 15) is 19.5 Å². The van der Waals surface area contributed by atoms with Crippen molar-refractivity contribution in [2.75, 3.05) is 0 Å². The van der Waals surface area contributed by atoms with Crippen molar-refractivity contribution < 1.29 is 19.5 Å². The second-order valence-electron chi connectivity index (χ2n) is 5.19. The normalized spacial score (nSPS) is 19.9. The quantitative estimate of drug-likeness (QED) is 0.870. The Morgan fingerprint density at radius 1 is 1.38 bits per heavy atom. The fourth-order valence-electron chi connectivity index (χ4n) is 2.58. The highest BCUT2D eigenvalue weighted by atomic mass is 79.9. The summed E-state index contributed by atoms with van der Waals surface area (Å²) in [5, 5.41) is 11.9. The first-order chi connectivity index (χ1) is 9.97. The predicted molar refractivity (Wildman–Crippen MR) is 80.0 cm³/mol. The van der Waals surface area contributed by atoms with Gasteiger partial charge in [-0.1, -0.05) is 22.0 Å². The molecule has 1 aromatic carbocycles. The lowest BCUT2D eigenvalue weighted by atomic mass is 9.83. The minimum Gasteiger partial charge on any atom is -0.480 e. The van der Waals surface area contributed by atoms with Crippen LogP contribution in [0.4, 0.5) is 0 Å². The van der Waals surface area contributed by atoms with Crippen molar-refractivity contribution in [3.05, 3.63) is 34.3 Å². The number of benzene rings is 1. The van der Waals surface area contributed by atoms with Gasteiger partial charge in [0.1, 0.15) is 11.8 Å². The van der Waals surface area contributed by atoms with Gasteiger partial charge in [0.15, 0.2) is 0 Å². The molecule has 0 unspecified atom stereocenters. The minimum absolute atomic E-state index is 0.0641. The molecule has 0 aliphatic heterocycles. The Morgan fingerprint density at radius 3 is 2.76 bits per heavy atom. The van der Waals surface area contributed by atoms with Crippen LogP contribution in [-0.4, -0.2) is 28.8 Å². The molecule has 0 bridgehead atoms. The van der Waals surface area contributed by atoms with Gasteiger partial charge >= 0.3 is 5.97 Å². The van der Waals surface area contributed by atoms with Crippen LogP contribution in [0.3, 0.4) is 0 Å². The highest BCUT2D eigenvalue weighted by Crippen LogP contribution is 2.25. The van der Waals surface area contributed by atoms with E-state index in [4.69, 9.17) is 0 Å². The first-order valence-corrected chi connectivity index (χ1v) is 7.57. The maximum Gasteiger partial charge on any atom is 0.326 e. The molecule has 2 atom stereocenters. The smallest absolute Gasteiger partial charge is 0.326 e. The van der Waals surface area contributed by atoms with Gasteiger partial charge in [0.25, 0.3) is 5.91 Å². The Hall–Kier alpha value is -1.69. The number of carboxylic acids is 1. The third-order valence-corrected chi connectivity index (χ3v) is 4.12. The summed E-state index contributed by atoms with van der Waals surface area (Å²) in [4.78, 5) is 35.0. The van der Waals surface area contributed by atoms with Gasteiger partial charge in [-0.2, -0.15) is 0 Å². The van der Waals surface area contributed by atoms with Gasteiger partial charge < -0.3 is 10.4 Å². The van der Waals surface area contributed by atoms with Crippen LogP contribution < -0.4 is 5.32 Å². The molecular formula is C15H16BrNO4. The Balaban J connectivity index is 2.11. The van der Waals surface area contributed by atoms with Crippen molar-refractivity contribution in [2.24, 2.45) is 5.92 Å². The molecule has 2 rings (SSSR count). The maximum atomic E-state index is 12.2. The number of carboxylic acid groups (broad SMARTS) is 1. The molecule has 2 N–H and O–H groups in total. The second-order valence-corrected chi connectivity index (χ2v) is 6.11. The van der Waals surface area contributed by atoms with Crippen molar-refractivity contribution in [3.63, 3.8) is 0 Å². The largest absolute Gasteiger partial charge is 0.480 e. The number of carbonyl (C=O) groups is 3. The number of nitrogens with one attached hydrogen (secondary N) is 1. The van der Waals surface area contributed by atoms with Crippen molar-refractivity contribution in [1.29, 1.82) is 0 Å². The van der Waals surface area contributed by atoms with Crippen molar-refractivity contribution in [1.82, 2.24) is 5.32 Å². The lowest BCUT2D eigenvalue weighted by Crippen LogP contribution is -2.47. The van der Waals surface area contributed by atoms with Crippen LogP contribution in [0.15, 0.2) is 28.7 Å². The van der Waals surface area contributed by atoms with E-state index in [-0.39, 0.29) is 18.1 Å². The van der Waals surface area contributed by atoms with Gasteiger partial charge in [0, 0.05) is 22.9 Å². The van der Waals surface area contributed by atoms with E-state index < -0.39 is 17.9 Å². The average molecular weight is 354 g/mol. The number of amides is 1. The third kappa shape index (κ3) is 4.14. The summed E-state index contributed by atoms with van der Waals surface area (Å²) in [7, 11) is 0. The molecule has 0 saturated heterocycles. The van der Waals surface area contributed by atoms with Crippen LogP contribution in [0.25, 0.3) is 0 Å². The zero-order valence-corrected chi connectivity index (χ0v) is 12.9. The standard InChI is InChI=1S/C15H16BrNO4/c16-11-5-1-4-10(7-11)14(19)17-13(15(20)21)9-3-2-6-12(18)8-9/h1,4-5,7,9,13H,2-3,6,8H2,(H,17,19)(H,20,21)/t9-,13-/m0/s1. The molecule has 0 heterocycles. The number of ketones is 1. The summed E-state index contributed by atoms with van der Waals surface area (Å²) in [6.45, 7) is 0. The molecule has 6 heteroatoms. The Kier molecular flexibility index (Phi) is 5.12. The van der Waals surface area contributed by atoms with Gasteiger partial charge in [-0.15, -0.1) is 0 Å². The molecule has 1 aliphatic rings. The first kappa shape index (κ1) is 15.7. The number of halogens is 1. The molecular weight excluding hydrogens is 338 g/mol. The summed E-state index contributed by atoms with van der Waals surface area (Å²) < 4.78 is 0.745. The molecule has 1 amide bonds. The minimum atomic E-state index is -1.10. The van der Waals surface area contributed by atoms with E-state index in [1.165, 1.54) is 0 Å². The summed E-state index contributed by atoms with van der Waals surface area (Å²) in [5.74, 6) is -1.81. The molecule has 112 valence electrons. The van der Waals surface area contributed by atoms with Gasteiger partial charge in [0.2, 0.25) is 0 Å². The summed E-state index contributed by atoms with van der Waals surface area (Å²) in [5.41, 5.74) is 0.387. The van der Waals surface area contributed by atoms with E-state index in [1.54, 1.807) is 24.3 Å². The number of carbonyl (C=O) groups excluding carboxylic acids is 2. The van der Waals surface area contributed by atoms with Crippen molar-refractivity contribution in [2.45, 2.75) is 31.7 Å². The summed E-state index contributed by atoms with van der Waals surface area (Å²) in [6.07, 6.45) is 2.04. The molecule has 1 aromatic rings. The number of aliphatic carboxylic acids is 1. The highest BCUT2D eigenvalue weighted by Gasteiger charge is 2.33. The molecule has 1 saturated carbocycles. The fraction of sp³-hybridized carbons (Fsp3) is 0.400. The van der Waals surface area contributed by atoms with E-state index in [0.717, 1.165) is 4.47 Å². The van der Waals surface area contributed by atoms with E-state index in [1.807, 2.05) is 0 Å². The molecule has 21 heavy (non-hydrogen) atoms. The van der Waals surface area contributed by atoms with Gasteiger partial charge in [-0.05, 0) is 37.0 Å². The number of Topliss-reactive ketones (excluding diaryl/α,β-unsaturated/α-hetero) is 1. The number of hydrogen-bond acceptors (Lipinski definition) is 3. The van der Waals surface area contributed by atoms with Gasteiger partial charge in [-0.25, -0.2) is 4.79 Å². The number of rotatable bonds is 4. The molecule has 0 spiro atoms. The summed E-state index contributed by atoms with van der Waals surface area (Å²) in [6, 6.07) is 5.70. The molecule has 5 nitrogen and oxygen atoms in total. The monoisotopic (exact) mass is 353 g/mol. The predicted octanol–water partition coefficient (Wildman–Crippen LogP) is 2.39. The summed E-state index contributed by atoms with van der Waals surface area (Å²) >= 11 is 3.27. The Bertz CT molecular complexity index is 573. The zero-order valence-electron chi connectivity index (χ0n) is 11.3. The maximum absolute atomic E-state index is 12.2. The molecule has 0 radical (unpaired) electrons. The van der Waals surface area contributed by atoms with Crippen LogP contribution in [0.2, 0.25) is 0 Å². The van der Waals surface area contributed by atoms with Crippen LogP contribution in [0.5, 0.6) is 0 Å². The Labute approximate surface area is 130 Å². The van der Waals surface area contributed by atoms with Crippen LogP contribution >= 0.6 is 15.9 Å². The van der Waals surface area contributed by atoms with Crippen LogP contribution in [0, 0.1) is 5.92 Å². The molecule has 1 fully saturated rings. The van der Waals surface area contributed by atoms with Crippen LogP contribution in [0.1, 0.15) is 36.0 Å². The molecule has 1 aliphatic carbocycles. The first-order valence-electron chi connectivity index (χ1n) is 6.78. The Morgan fingerprint density at radius 2 is 2.14 bits per heavy atom.